The smallest absolute Gasteiger partial charge is 0.261 e. The molecule has 4 rings (SSSR count). The second kappa shape index (κ2) is 8.42. The topological polar surface area (TPSA) is 73.5 Å². The molecule has 0 spiro atoms. The molecule has 2 aliphatic heterocycles. The first-order valence-corrected chi connectivity index (χ1v) is 10.5. The lowest BCUT2D eigenvalue weighted by atomic mass is 9.94. The number of likely N-dealkylation sites (tertiary alicyclic amines) is 1. The van der Waals surface area contributed by atoms with Crippen LogP contribution in [0.15, 0.2) is 35.3 Å². The monoisotopic (exact) mass is 411 g/mol. The first-order chi connectivity index (χ1) is 14.4. The van der Waals surface area contributed by atoms with E-state index in [0.29, 0.717) is 44.1 Å². The number of aromatic amines is 1. The minimum Gasteiger partial charge on any atom is -0.338 e. The highest BCUT2D eigenvalue weighted by atomic mass is 19.1. The Morgan fingerprint density at radius 1 is 1.13 bits per heavy atom. The van der Waals surface area contributed by atoms with Crippen LogP contribution in [0.4, 0.5) is 4.39 Å². The van der Waals surface area contributed by atoms with Crippen LogP contribution in [0.2, 0.25) is 0 Å². The van der Waals surface area contributed by atoms with E-state index in [9.17, 15) is 18.8 Å². The summed E-state index contributed by atoms with van der Waals surface area (Å²) in [6.07, 6.45) is 3.90. The van der Waals surface area contributed by atoms with E-state index in [1.165, 1.54) is 6.07 Å². The van der Waals surface area contributed by atoms with Gasteiger partial charge in [0.25, 0.3) is 11.5 Å². The fourth-order valence-corrected chi connectivity index (χ4v) is 4.29. The fraction of sp³-hybridized carbons (Fsp3) is 0.435. The van der Waals surface area contributed by atoms with Crippen molar-refractivity contribution in [1.29, 1.82) is 0 Å². The number of rotatable bonds is 3. The summed E-state index contributed by atoms with van der Waals surface area (Å²) < 4.78 is 13.9. The van der Waals surface area contributed by atoms with Crippen LogP contribution in [0.5, 0.6) is 0 Å². The molecule has 30 heavy (non-hydrogen) atoms. The molecule has 0 aliphatic carbocycles. The Morgan fingerprint density at radius 2 is 1.87 bits per heavy atom. The maximum Gasteiger partial charge on any atom is 0.261 e. The van der Waals surface area contributed by atoms with Crippen molar-refractivity contribution in [2.24, 2.45) is 5.92 Å². The van der Waals surface area contributed by atoms with Gasteiger partial charge in [0.2, 0.25) is 5.91 Å². The number of piperidine rings is 1. The van der Waals surface area contributed by atoms with Crippen LogP contribution in [-0.4, -0.2) is 46.2 Å². The Kier molecular flexibility index (Phi) is 5.70. The van der Waals surface area contributed by atoms with Gasteiger partial charge in [-0.05, 0) is 47.9 Å². The Hall–Kier alpha value is -2.96. The number of nitrogens with one attached hydrogen (secondary N) is 1. The highest BCUT2D eigenvalue weighted by molar-refractivity contribution is 5.96. The number of benzene rings is 1. The van der Waals surface area contributed by atoms with Crippen molar-refractivity contribution >= 4 is 11.8 Å². The summed E-state index contributed by atoms with van der Waals surface area (Å²) in [6, 6.07) is 6.26. The second-order valence-electron chi connectivity index (χ2n) is 8.30. The standard InChI is InChI=1S/C23H26FN3O3/c1-15-6-9-26(10-7-15)23(30)21-18-8-11-27(14-17(18)13-25-22(21)29)20(28)12-16-4-2-3-5-19(16)24/h2-5,13,15H,6-12,14H2,1H3,(H,25,29). The molecule has 158 valence electrons. The number of halogens is 1. The maximum atomic E-state index is 13.9. The molecule has 0 radical (unpaired) electrons. The Balaban J connectivity index is 1.53. The van der Waals surface area contributed by atoms with Gasteiger partial charge in [-0.15, -0.1) is 0 Å². The maximum absolute atomic E-state index is 13.9. The van der Waals surface area contributed by atoms with E-state index < -0.39 is 5.82 Å². The van der Waals surface area contributed by atoms with Crippen molar-refractivity contribution in [3.63, 3.8) is 0 Å². The van der Waals surface area contributed by atoms with Gasteiger partial charge in [0.1, 0.15) is 11.4 Å². The fourth-order valence-electron chi connectivity index (χ4n) is 4.29. The van der Waals surface area contributed by atoms with Crippen LogP contribution in [0.25, 0.3) is 0 Å². The number of pyridine rings is 1. The molecule has 0 unspecified atom stereocenters. The number of carbonyl (C=O) groups excluding carboxylic acids is 2. The number of fused-ring (bicyclic) bond motifs is 1. The molecule has 3 heterocycles. The van der Waals surface area contributed by atoms with E-state index in [2.05, 4.69) is 11.9 Å². The largest absolute Gasteiger partial charge is 0.338 e. The van der Waals surface area contributed by atoms with E-state index in [4.69, 9.17) is 0 Å². The molecule has 6 nitrogen and oxygen atoms in total. The first kappa shape index (κ1) is 20.3. The summed E-state index contributed by atoms with van der Waals surface area (Å²) in [5, 5.41) is 0. The normalized spacial score (nSPS) is 17.0. The van der Waals surface area contributed by atoms with Crippen molar-refractivity contribution in [1.82, 2.24) is 14.8 Å². The van der Waals surface area contributed by atoms with Crippen molar-refractivity contribution < 1.29 is 14.0 Å². The zero-order chi connectivity index (χ0) is 21.3. The lowest BCUT2D eigenvalue weighted by molar-refractivity contribution is -0.131. The molecule has 1 aromatic heterocycles. The third kappa shape index (κ3) is 4.01. The van der Waals surface area contributed by atoms with Gasteiger partial charge in [0.15, 0.2) is 0 Å². The minimum absolute atomic E-state index is 0.0108. The zero-order valence-corrected chi connectivity index (χ0v) is 17.1. The molecule has 7 heteroatoms. The van der Waals surface area contributed by atoms with E-state index in [-0.39, 0.29) is 29.4 Å². The highest BCUT2D eigenvalue weighted by Gasteiger charge is 2.30. The molecule has 0 atom stereocenters. The number of carbonyl (C=O) groups is 2. The molecule has 0 bridgehead atoms. The van der Waals surface area contributed by atoms with Crippen molar-refractivity contribution in [2.45, 2.75) is 39.2 Å². The van der Waals surface area contributed by atoms with Crippen LogP contribution in [0.3, 0.4) is 0 Å². The first-order valence-electron chi connectivity index (χ1n) is 10.5. The van der Waals surface area contributed by atoms with Crippen molar-refractivity contribution in [2.75, 3.05) is 19.6 Å². The van der Waals surface area contributed by atoms with E-state index in [1.807, 2.05) is 0 Å². The number of hydrogen-bond donors (Lipinski definition) is 1. The molecule has 1 fully saturated rings. The SMILES string of the molecule is CC1CCN(C(=O)c2c3c(c[nH]c2=O)CN(C(=O)Cc2ccccc2F)CC3)CC1. The Morgan fingerprint density at radius 3 is 2.60 bits per heavy atom. The van der Waals surface area contributed by atoms with E-state index in [0.717, 1.165) is 24.0 Å². The van der Waals surface area contributed by atoms with Crippen molar-refractivity contribution in [3.05, 3.63) is 68.9 Å². The zero-order valence-electron chi connectivity index (χ0n) is 17.1. The summed E-state index contributed by atoms with van der Waals surface area (Å²) >= 11 is 0. The predicted octanol–water partition coefficient (Wildman–Crippen LogP) is 2.51. The van der Waals surface area contributed by atoms with Gasteiger partial charge < -0.3 is 14.8 Å². The summed E-state index contributed by atoms with van der Waals surface area (Å²) in [5.74, 6) is -0.191. The molecular weight excluding hydrogens is 385 g/mol. The van der Waals surface area contributed by atoms with E-state index in [1.54, 1.807) is 34.2 Å². The second-order valence-corrected chi connectivity index (χ2v) is 8.30. The molecule has 1 saturated heterocycles. The quantitative estimate of drug-likeness (QED) is 0.844. The third-order valence-corrected chi connectivity index (χ3v) is 6.22. The summed E-state index contributed by atoms with van der Waals surface area (Å²) in [6.45, 7) is 4.20. The molecular formula is C23H26FN3O3. The van der Waals surface area contributed by atoms with Crippen molar-refractivity contribution in [3.8, 4) is 0 Å². The summed E-state index contributed by atoms with van der Waals surface area (Å²) in [5.41, 5.74) is 1.71. The molecule has 1 aromatic carbocycles. The predicted molar refractivity (Wildman–Crippen MR) is 111 cm³/mol. The lowest BCUT2D eigenvalue weighted by Gasteiger charge is -2.33. The Labute approximate surface area is 174 Å². The molecule has 1 N–H and O–H groups in total. The van der Waals surface area contributed by atoms with Gasteiger partial charge in [-0.25, -0.2) is 4.39 Å². The summed E-state index contributed by atoms with van der Waals surface area (Å²) in [4.78, 5) is 44.4. The summed E-state index contributed by atoms with van der Waals surface area (Å²) in [7, 11) is 0. The van der Waals surface area contributed by atoms with Crippen LogP contribution in [0, 0.1) is 11.7 Å². The third-order valence-electron chi connectivity index (χ3n) is 6.22. The van der Waals surface area contributed by atoms with E-state index >= 15 is 0 Å². The number of amides is 2. The van der Waals surface area contributed by atoms with Crippen LogP contribution >= 0.6 is 0 Å². The number of nitrogens with zero attached hydrogens (tertiary/aromatic N) is 2. The Bertz CT molecular complexity index is 1020. The molecule has 2 amide bonds. The minimum atomic E-state index is -0.392. The van der Waals surface area contributed by atoms with Gasteiger partial charge in [-0.1, -0.05) is 25.1 Å². The average Bonchev–Trinajstić information content (AvgIpc) is 2.75. The number of aromatic nitrogens is 1. The number of H-pyrrole nitrogens is 1. The van der Waals surface area contributed by atoms with Crippen LogP contribution in [-0.2, 0) is 24.2 Å². The van der Waals surface area contributed by atoms with Gasteiger partial charge in [-0.2, -0.15) is 0 Å². The molecule has 2 aromatic rings. The lowest BCUT2D eigenvalue weighted by Crippen LogP contribution is -2.43. The van der Waals surface area contributed by atoms with Gasteiger partial charge in [-0.3, -0.25) is 14.4 Å². The highest BCUT2D eigenvalue weighted by Crippen LogP contribution is 2.24. The van der Waals surface area contributed by atoms with Crippen LogP contribution < -0.4 is 5.56 Å². The van der Waals surface area contributed by atoms with Gasteiger partial charge >= 0.3 is 0 Å². The number of hydrogen-bond acceptors (Lipinski definition) is 3. The molecule has 2 aliphatic rings. The molecule has 0 saturated carbocycles. The van der Waals surface area contributed by atoms with Gasteiger partial charge in [0.05, 0.1) is 6.42 Å². The van der Waals surface area contributed by atoms with Crippen LogP contribution in [0.1, 0.15) is 46.8 Å². The van der Waals surface area contributed by atoms with Gasteiger partial charge in [0, 0.05) is 32.4 Å². The average molecular weight is 411 g/mol.